The molecule has 3 N–H and O–H groups in total. The van der Waals surface area contributed by atoms with Gasteiger partial charge >= 0.3 is 13.6 Å². The Hall–Kier alpha value is -0.680. The first kappa shape index (κ1) is 12.3. The van der Waals surface area contributed by atoms with Gasteiger partial charge in [-0.15, -0.1) is 0 Å². The highest BCUT2D eigenvalue weighted by Crippen LogP contribution is 2.33. The molecule has 0 aliphatic rings. The number of carboxylic acids is 1. The summed E-state index contributed by atoms with van der Waals surface area (Å²) in [6, 6.07) is 0. The van der Waals surface area contributed by atoms with E-state index in [0.717, 1.165) is 6.08 Å². The summed E-state index contributed by atoms with van der Waals surface area (Å²) in [7, 11) is -4.00. The van der Waals surface area contributed by atoms with Gasteiger partial charge in [0.2, 0.25) is 0 Å². The highest BCUT2D eigenvalue weighted by molar-refractivity contribution is 7.51. The zero-order chi connectivity index (χ0) is 10.3. The maximum atomic E-state index is 10.3. The van der Waals surface area contributed by atoms with E-state index in [-0.39, 0.29) is 19.4 Å². The fraction of sp³-hybridized carbons (Fsp3) is 0.500. The third-order valence-corrected chi connectivity index (χ3v) is 1.77. The Kier molecular flexibility index (Phi) is 5.57. The number of ether oxygens (including phenoxy) is 1. The van der Waals surface area contributed by atoms with Crippen molar-refractivity contribution in [3.8, 4) is 0 Å². The first-order valence-electron chi connectivity index (χ1n) is 3.43. The average Bonchev–Trinajstić information content (AvgIpc) is 1.93. The van der Waals surface area contributed by atoms with E-state index in [9.17, 15) is 9.36 Å². The van der Waals surface area contributed by atoms with Gasteiger partial charge < -0.3 is 19.6 Å². The van der Waals surface area contributed by atoms with Gasteiger partial charge in [0.15, 0.2) is 0 Å². The Morgan fingerprint density at radius 2 is 2.08 bits per heavy atom. The van der Waals surface area contributed by atoms with Crippen molar-refractivity contribution in [2.45, 2.75) is 0 Å². The minimum Gasteiger partial charge on any atom is -0.478 e. The van der Waals surface area contributed by atoms with Crippen molar-refractivity contribution in [2.75, 3.05) is 19.4 Å². The molecule has 76 valence electrons. The second-order valence-corrected chi connectivity index (χ2v) is 3.98. The minimum absolute atomic E-state index is 0.0340. The second-order valence-electron chi connectivity index (χ2n) is 2.20. The molecule has 0 radical (unpaired) electrons. The Morgan fingerprint density at radius 3 is 2.54 bits per heavy atom. The van der Waals surface area contributed by atoms with Crippen LogP contribution in [0.4, 0.5) is 0 Å². The summed E-state index contributed by atoms with van der Waals surface area (Å²) in [5, 5.41) is 8.13. The van der Waals surface area contributed by atoms with Gasteiger partial charge in [-0.2, -0.15) is 0 Å². The zero-order valence-electron chi connectivity index (χ0n) is 6.79. The molecule has 7 heteroatoms. The smallest absolute Gasteiger partial charge is 0.328 e. The van der Waals surface area contributed by atoms with Gasteiger partial charge in [-0.05, 0) is 0 Å². The molecular formula is C6H11O6P. The Balaban J connectivity index is 3.37. The van der Waals surface area contributed by atoms with Crippen LogP contribution in [-0.2, 0) is 14.1 Å². The van der Waals surface area contributed by atoms with Crippen LogP contribution in [0.2, 0.25) is 0 Å². The molecule has 0 saturated heterocycles. The molecule has 0 aliphatic heterocycles. The molecule has 0 unspecified atom stereocenters. The van der Waals surface area contributed by atoms with E-state index < -0.39 is 13.6 Å². The predicted octanol–water partition coefficient (Wildman–Crippen LogP) is -0.178. The number of carboxylic acid groups (broad SMARTS) is 1. The normalized spacial score (nSPS) is 12.2. The van der Waals surface area contributed by atoms with Crippen molar-refractivity contribution >= 4 is 13.6 Å². The standard InChI is InChI=1S/C6H11O6P/c7-6(8)2-1-3-12-4-5-13(9,10)11/h1-2H,3-5H2,(H,7,8)(H2,9,10,11). The average molecular weight is 210 g/mol. The molecule has 0 spiro atoms. The van der Waals surface area contributed by atoms with Crippen LogP contribution >= 0.6 is 7.60 Å². The SMILES string of the molecule is O=C(O)C=CCOCCP(=O)(O)O. The van der Waals surface area contributed by atoms with Crippen molar-refractivity contribution < 1.29 is 29.0 Å². The number of rotatable bonds is 6. The van der Waals surface area contributed by atoms with E-state index in [0.29, 0.717) is 0 Å². The van der Waals surface area contributed by atoms with Crippen LogP contribution in [0.15, 0.2) is 12.2 Å². The van der Waals surface area contributed by atoms with Crippen molar-refractivity contribution in [2.24, 2.45) is 0 Å². The Labute approximate surface area is 75.0 Å². The lowest BCUT2D eigenvalue weighted by Gasteiger charge is -2.02. The molecule has 0 aromatic carbocycles. The highest BCUT2D eigenvalue weighted by atomic mass is 31.2. The van der Waals surface area contributed by atoms with Crippen LogP contribution in [0.3, 0.4) is 0 Å². The lowest BCUT2D eigenvalue weighted by molar-refractivity contribution is -0.131. The van der Waals surface area contributed by atoms with Gasteiger partial charge in [0.1, 0.15) is 0 Å². The summed E-state index contributed by atoms with van der Waals surface area (Å²) >= 11 is 0. The summed E-state index contributed by atoms with van der Waals surface area (Å²) < 4.78 is 15.0. The molecule has 0 aromatic rings. The fourth-order valence-electron chi connectivity index (χ4n) is 0.484. The van der Waals surface area contributed by atoms with Gasteiger partial charge in [0.25, 0.3) is 0 Å². The first-order chi connectivity index (χ1) is 5.92. The van der Waals surface area contributed by atoms with E-state index in [1.54, 1.807) is 0 Å². The summed E-state index contributed by atoms with van der Waals surface area (Å²) in [6.07, 6.45) is 1.80. The number of hydrogen-bond donors (Lipinski definition) is 3. The number of aliphatic carboxylic acids is 1. The lowest BCUT2D eigenvalue weighted by Crippen LogP contribution is -2.01. The van der Waals surface area contributed by atoms with Crippen LogP contribution in [0, 0.1) is 0 Å². The summed E-state index contributed by atoms with van der Waals surface area (Å²) in [5.41, 5.74) is 0. The van der Waals surface area contributed by atoms with Crippen LogP contribution in [0.25, 0.3) is 0 Å². The third-order valence-electron chi connectivity index (χ3n) is 1.00. The van der Waals surface area contributed by atoms with Crippen LogP contribution < -0.4 is 0 Å². The van der Waals surface area contributed by atoms with E-state index in [1.165, 1.54) is 6.08 Å². The van der Waals surface area contributed by atoms with E-state index >= 15 is 0 Å². The third kappa shape index (κ3) is 11.3. The number of carbonyl (C=O) groups is 1. The quantitative estimate of drug-likeness (QED) is 0.319. The summed E-state index contributed by atoms with van der Waals surface area (Å²) in [6.45, 7) is -0.0550. The molecule has 0 fully saturated rings. The topological polar surface area (TPSA) is 104 Å². The van der Waals surface area contributed by atoms with Crippen LogP contribution in [-0.4, -0.2) is 40.2 Å². The van der Waals surface area contributed by atoms with Crippen LogP contribution in [0.5, 0.6) is 0 Å². The van der Waals surface area contributed by atoms with Crippen molar-refractivity contribution in [1.82, 2.24) is 0 Å². The van der Waals surface area contributed by atoms with Gasteiger partial charge in [-0.1, -0.05) is 6.08 Å². The largest absolute Gasteiger partial charge is 0.478 e. The van der Waals surface area contributed by atoms with Crippen molar-refractivity contribution in [1.29, 1.82) is 0 Å². The molecule has 0 saturated carbocycles. The van der Waals surface area contributed by atoms with Gasteiger partial charge in [0.05, 0.1) is 19.4 Å². The van der Waals surface area contributed by atoms with E-state index in [1.807, 2.05) is 0 Å². The second kappa shape index (κ2) is 5.88. The van der Waals surface area contributed by atoms with Crippen LogP contribution in [0.1, 0.15) is 0 Å². The molecule has 0 heterocycles. The van der Waals surface area contributed by atoms with E-state index in [2.05, 4.69) is 0 Å². The molecule has 0 amide bonds. The van der Waals surface area contributed by atoms with Gasteiger partial charge in [-0.3, -0.25) is 4.57 Å². The summed E-state index contributed by atoms with van der Waals surface area (Å²) in [4.78, 5) is 26.7. The lowest BCUT2D eigenvalue weighted by atomic mass is 10.5. The molecule has 0 rings (SSSR count). The molecule has 0 aromatic heterocycles. The number of hydrogen-bond acceptors (Lipinski definition) is 3. The Bertz CT molecular complexity index is 229. The molecule has 0 aliphatic carbocycles. The van der Waals surface area contributed by atoms with Crippen molar-refractivity contribution in [3.05, 3.63) is 12.2 Å². The fourth-order valence-corrected chi connectivity index (χ4v) is 0.851. The molecule has 13 heavy (non-hydrogen) atoms. The molecular weight excluding hydrogens is 199 g/mol. The molecule has 6 nitrogen and oxygen atoms in total. The van der Waals surface area contributed by atoms with Crippen molar-refractivity contribution in [3.63, 3.8) is 0 Å². The Morgan fingerprint density at radius 1 is 1.46 bits per heavy atom. The molecule has 0 bridgehead atoms. The van der Waals surface area contributed by atoms with Gasteiger partial charge in [-0.25, -0.2) is 4.79 Å². The zero-order valence-corrected chi connectivity index (χ0v) is 7.68. The predicted molar refractivity (Wildman–Crippen MR) is 44.5 cm³/mol. The summed E-state index contributed by atoms with van der Waals surface area (Å²) in [5.74, 6) is -1.08. The first-order valence-corrected chi connectivity index (χ1v) is 5.23. The highest BCUT2D eigenvalue weighted by Gasteiger charge is 2.11. The maximum Gasteiger partial charge on any atom is 0.328 e. The minimum atomic E-state index is -4.00. The monoisotopic (exact) mass is 210 g/mol. The van der Waals surface area contributed by atoms with E-state index in [4.69, 9.17) is 19.6 Å². The maximum absolute atomic E-state index is 10.3. The van der Waals surface area contributed by atoms with Gasteiger partial charge in [0, 0.05) is 6.08 Å². The molecule has 0 atom stereocenters.